The summed E-state index contributed by atoms with van der Waals surface area (Å²) in [6.07, 6.45) is -2.33. The summed E-state index contributed by atoms with van der Waals surface area (Å²) in [6.45, 7) is 1.23. The third-order valence-corrected chi connectivity index (χ3v) is 2.42. The molecule has 0 radical (unpaired) electrons. The molecule has 4 N–H and O–H groups in total. The summed E-state index contributed by atoms with van der Waals surface area (Å²) in [5.74, 6) is -1.36. The number of amides is 1. The number of aliphatic hydroxyl groups is 2. The molecule has 0 aliphatic rings. The molecule has 0 heterocycles. The minimum Gasteiger partial charge on any atom is -0.478 e. The van der Waals surface area contributed by atoms with Crippen molar-refractivity contribution in [1.29, 1.82) is 0 Å². The van der Waals surface area contributed by atoms with Gasteiger partial charge >= 0.3 is 5.97 Å². The summed E-state index contributed by atoms with van der Waals surface area (Å²) >= 11 is 0. The van der Waals surface area contributed by atoms with E-state index in [1.165, 1.54) is 31.2 Å². The predicted octanol–water partition coefficient (Wildman–Crippen LogP) is -0.0848. The maximum absolute atomic E-state index is 10.7. The van der Waals surface area contributed by atoms with Gasteiger partial charge in [0.05, 0.1) is 5.56 Å². The molecule has 0 saturated heterocycles. The number of aliphatic hydroxyl groups excluding tert-OH is 2. The standard InChI is InChI=1S/C12H15NO5/c1-7(14)13-6-10(15)11(16)8-2-4-9(5-3-8)12(17)18/h2-5,10-11,15-16H,6H2,1H3,(H,13,14)(H,17,18). The van der Waals surface area contributed by atoms with Gasteiger partial charge in [0.1, 0.15) is 12.2 Å². The topological polar surface area (TPSA) is 107 Å². The van der Waals surface area contributed by atoms with E-state index in [9.17, 15) is 19.8 Å². The van der Waals surface area contributed by atoms with Crippen molar-refractivity contribution in [2.45, 2.75) is 19.1 Å². The second-order valence-electron chi connectivity index (χ2n) is 3.88. The smallest absolute Gasteiger partial charge is 0.335 e. The molecule has 0 aliphatic heterocycles. The first-order valence-corrected chi connectivity index (χ1v) is 5.35. The number of carbonyl (C=O) groups excluding carboxylic acids is 1. The predicted molar refractivity (Wildman–Crippen MR) is 63.1 cm³/mol. The highest BCUT2D eigenvalue weighted by Gasteiger charge is 2.18. The molecule has 2 unspecified atom stereocenters. The van der Waals surface area contributed by atoms with E-state index >= 15 is 0 Å². The molecule has 1 aromatic carbocycles. The van der Waals surface area contributed by atoms with Crippen molar-refractivity contribution >= 4 is 11.9 Å². The zero-order valence-electron chi connectivity index (χ0n) is 9.83. The molecule has 18 heavy (non-hydrogen) atoms. The molecule has 2 atom stereocenters. The molecule has 0 aromatic heterocycles. The van der Waals surface area contributed by atoms with Crippen LogP contribution in [0.25, 0.3) is 0 Å². The van der Waals surface area contributed by atoms with Crippen LogP contribution in [0.15, 0.2) is 24.3 Å². The lowest BCUT2D eigenvalue weighted by molar-refractivity contribution is -0.119. The van der Waals surface area contributed by atoms with Crippen LogP contribution < -0.4 is 5.32 Å². The van der Waals surface area contributed by atoms with Gasteiger partial charge in [-0.1, -0.05) is 12.1 Å². The van der Waals surface area contributed by atoms with Crippen LogP contribution in [0.5, 0.6) is 0 Å². The number of hydrogen-bond donors (Lipinski definition) is 4. The number of carboxylic acids is 1. The third kappa shape index (κ3) is 3.83. The zero-order chi connectivity index (χ0) is 13.7. The van der Waals surface area contributed by atoms with Crippen LogP contribution in [0.2, 0.25) is 0 Å². The summed E-state index contributed by atoms with van der Waals surface area (Å²) < 4.78 is 0. The molecule has 1 amide bonds. The Morgan fingerprint density at radius 3 is 2.22 bits per heavy atom. The van der Waals surface area contributed by atoms with Crippen LogP contribution in [0, 0.1) is 0 Å². The van der Waals surface area contributed by atoms with Gasteiger partial charge in [-0.15, -0.1) is 0 Å². The van der Waals surface area contributed by atoms with Gasteiger partial charge in [0.2, 0.25) is 5.91 Å². The van der Waals surface area contributed by atoms with E-state index in [1.54, 1.807) is 0 Å². The van der Waals surface area contributed by atoms with Crippen LogP contribution in [-0.4, -0.2) is 39.8 Å². The normalized spacial score (nSPS) is 13.7. The molecule has 6 heteroatoms. The van der Waals surface area contributed by atoms with Crippen molar-refractivity contribution in [3.8, 4) is 0 Å². The van der Waals surface area contributed by atoms with E-state index in [1.807, 2.05) is 0 Å². The van der Waals surface area contributed by atoms with Crippen molar-refractivity contribution in [2.24, 2.45) is 0 Å². The second kappa shape index (κ2) is 6.13. The maximum Gasteiger partial charge on any atom is 0.335 e. The van der Waals surface area contributed by atoms with Gasteiger partial charge in [-0.25, -0.2) is 4.79 Å². The number of nitrogens with one attached hydrogen (secondary N) is 1. The molecule has 0 saturated carbocycles. The average Bonchev–Trinajstić information content (AvgIpc) is 2.35. The fourth-order valence-electron chi connectivity index (χ4n) is 1.40. The monoisotopic (exact) mass is 253 g/mol. The molecule has 0 fully saturated rings. The molecule has 0 bridgehead atoms. The van der Waals surface area contributed by atoms with Gasteiger partial charge in [0.25, 0.3) is 0 Å². The Morgan fingerprint density at radius 1 is 1.22 bits per heavy atom. The lowest BCUT2D eigenvalue weighted by atomic mass is 10.0. The molecular formula is C12H15NO5. The van der Waals surface area contributed by atoms with Gasteiger partial charge in [-0.3, -0.25) is 4.79 Å². The van der Waals surface area contributed by atoms with Gasteiger partial charge in [-0.2, -0.15) is 0 Å². The van der Waals surface area contributed by atoms with E-state index < -0.39 is 18.2 Å². The van der Waals surface area contributed by atoms with E-state index in [2.05, 4.69) is 5.32 Å². The van der Waals surface area contributed by atoms with Crippen LogP contribution in [0.3, 0.4) is 0 Å². The fourth-order valence-corrected chi connectivity index (χ4v) is 1.40. The lowest BCUT2D eigenvalue weighted by Gasteiger charge is -2.18. The Balaban J connectivity index is 2.68. The molecular weight excluding hydrogens is 238 g/mol. The van der Waals surface area contributed by atoms with E-state index in [4.69, 9.17) is 5.11 Å². The molecule has 98 valence electrons. The Bertz CT molecular complexity index is 429. The number of carboxylic acid groups (broad SMARTS) is 1. The SMILES string of the molecule is CC(=O)NCC(O)C(O)c1ccc(C(=O)O)cc1. The summed E-state index contributed by atoms with van der Waals surface area (Å²) in [6, 6.07) is 5.52. The quantitative estimate of drug-likeness (QED) is 0.587. The van der Waals surface area contributed by atoms with Gasteiger partial charge in [-0.05, 0) is 17.7 Å². The van der Waals surface area contributed by atoms with Crippen molar-refractivity contribution < 1.29 is 24.9 Å². The fraction of sp³-hybridized carbons (Fsp3) is 0.333. The number of carbonyl (C=O) groups is 2. The summed E-state index contributed by atoms with van der Waals surface area (Å²) in [7, 11) is 0. The average molecular weight is 253 g/mol. The number of benzene rings is 1. The number of rotatable bonds is 5. The highest BCUT2D eigenvalue weighted by atomic mass is 16.4. The summed E-state index contributed by atoms with van der Waals surface area (Å²) in [4.78, 5) is 21.3. The Labute approximate surface area is 104 Å². The highest BCUT2D eigenvalue weighted by Crippen LogP contribution is 2.17. The van der Waals surface area contributed by atoms with Crippen molar-refractivity contribution in [3.63, 3.8) is 0 Å². The molecule has 0 spiro atoms. The van der Waals surface area contributed by atoms with Crippen molar-refractivity contribution in [3.05, 3.63) is 35.4 Å². The Hall–Kier alpha value is -1.92. The minimum atomic E-state index is -1.18. The van der Waals surface area contributed by atoms with Crippen LogP contribution in [0.4, 0.5) is 0 Å². The largest absolute Gasteiger partial charge is 0.478 e. The highest BCUT2D eigenvalue weighted by molar-refractivity contribution is 5.87. The van der Waals surface area contributed by atoms with Crippen molar-refractivity contribution in [2.75, 3.05) is 6.54 Å². The molecule has 6 nitrogen and oxygen atoms in total. The Kier molecular flexibility index (Phi) is 4.82. The van der Waals surface area contributed by atoms with E-state index in [-0.39, 0.29) is 18.0 Å². The number of hydrogen-bond acceptors (Lipinski definition) is 4. The summed E-state index contributed by atoms with van der Waals surface area (Å²) in [5.41, 5.74) is 0.486. The molecule has 0 aliphatic carbocycles. The number of aromatic carboxylic acids is 1. The molecule has 1 rings (SSSR count). The van der Waals surface area contributed by atoms with Gasteiger partial charge in [0, 0.05) is 13.5 Å². The third-order valence-electron chi connectivity index (χ3n) is 2.42. The van der Waals surface area contributed by atoms with Gasteiger partial charge < -0.3 is 20.6 Å². The first-order chi connectivity index (χ1) is 8.41. The second-order valence-corrected chi connectivity index (χ2v) is 3.88. The minimum absolute atomic E-state index is 0.0722. The zero-order valence-corrected chi connectivity index (χ0v) is 9.83. The van der Waals surface area contributed by atoms with Crippen LogP contribution in [-0.2, 0) is 4.79 Å². The Morgan fingerprint density at radius 2 is 1.78 bits per heavy atom. The summed E-state index contributed by atoms with van der Waals surface area (Å²) in [5, 5.41) is 30.5. The lowest BCUT2D eigenvalue weighted by Crippen LogP contribution is -2.34. The van der Waals surface area contributed by atoms with Crippen LogP contribution in [0.1, 0.15) is 28.9 Å². The van der Waals surface area contributed by atoms with Gasteiger partial charge in [0.15, 0.2) is 0 Å². The molecule has 1 aromatic rings. The van der Waals surface area contributed by atoms with Crippen molar-refractivity contribution in [1.82, 2.24) is 5.32 Å². The van der Waals surface area contributed by atoms with E-state index in [0.29, 0.717) is 5.56 Å². The first kappa shape index (κ1) is 14.1. The van der Waals surface area contributed by atoms with E-state index in [0.717, 1.165) is 0 Å². The first-order valence-electron chi connectivity index (χ1n) is 5.35. The maximum atomic E-state index is 10.7. The van der Waals surface area contributed by atoms with Crippen LogP contribution >= 0.6 is 0 Å².